The van der Waals surface area contributed by atoms with Crippen molar-refractivity contribution in [1.82, 2.24) is 10.3 Å². The fraction of sp³-hybridized carbons (Fsp3) is 0.121. The highest BCUT2D eigenvalue weighted by Crippen LogP contribution is 2.32. The summed E-state index contributed by atoms with van der Waals surface area (Å²) in [4.78, 5) is 30.7. The molecule has 0 radical (unpaired) electrons. The van der Waals surface area contributed by atoms with Gasteiger partial charge in [0.2, 0.25) is 0 Å². The molecule has 4 aromatic carbocycles. The summed E-state index contributed by atoms with van der Waals surface area (Å²) in [5.41, 5.74) is 2.43. The molecule has 0 fully saturated rings. The number of hydrogen-bond acceptors (Lipinski definition) is 4. The van der Waals surface area contributed by atoms with E-state index in [0.29, 0.717) is 34.2 Å². The summed E-state index contributed by atoms with van der Waals surface area (Å²) in [6.07, 6.45) is -4.45. The van der Waals surface area contributed by atoms with Crippen molar-refractivity contribution in [3.8, 4) is 11.1 Å². The van der Waals surface area contributed by atoms with Gasteiger partial charge in [0.25, 0.3) is 11.8 Å². The standard InChI is InChI=1S/C33H26F3N3O3/c1-42-20-29(22-7-3-2-4-8-22)38-31(40)24-13-17-28-23(19-24)14-18-30(37-28)39-32(41)27-10-6-5-9-26(27)21-11-15-25(16-12-21)33(34,35)36/h2-19,29H,20H2,1H3,(H,38,40)(H,37,39,41)/t29-/m1/s1. The molecule has 42 heavy (non-hydrogen) atoms. The molecule has 0 aliphatic carbocycles. The molecule has 6 nitrogen and oxygen atoms in total. The van der Waals surface area contributed by atoms with E-state index in [1.807, 2.05) is 30.3 Å². The first-order chi connectivity index (χ1) is 20.2. The number of nitrogens with one attached hydrogen (secondary N) is 2. The Morgan fingerprint density at radius 3 is 2.26 bits per heavy atom. The number of pyridine rings is 1. The van der Waals surface area contributed by atoms with Crippen LogP contribution in [0.15, 0.2) is 109 Å². The van der Waals surface area contributed by atoms with Crippen LogP contribution in [0.2, 0.25) is 0 Å². The van der Waals surface area contributed by atoms with Gasteiger partial charge in [0, 0.05) is 23.6 Å². The van der Waals surface area contributed by atoms with Crippen molar-refractivity contribution in [2.45, 2.75) is 12.2 Å². The van der Waals surface area contributed by atoms with Crippen molar-refractivity contribution in [3.05, 3.63) is 131 Å². The monoisotopic (exact) mass is 569 g/mol. The average Bonchev–Trinajstić information content (AvgIpc) is 3.00. The van der Waals surface area contributed by atoms with Crippen LogP contribution >= 0.6 is 0 Å². The first-order valence-electron chi connectivity index (χ1n) is 13.1. The molecule has 0 spiro atoms. The quantitative estimate of drug-likeness (QED) is 0.206. The molecule has 2 amide bonds. The minimum absolute atomic E-state index is 0.264. The second kappa shape index (κ2) is 12.2. The number of rotatable bonds is 8. The number of nitrogens with zero attached hydrogens (tertiary/aromatic N) is 1. The lowest BCUT2D eigenvalue weighted by Gasteiger charge is -2.18. The van der Waals surface area contributed by atoms with Gasteiger partial charge < -0.3 is 15.4 Å². The van der Waals surface area contributed by atoms with Gasteiger partial charge in [-0.1, -0.05) is 60.7 Å². The maximum absolute atomic E-state index is 13.2. The Balaban J connectivity index is 1.32. The molecule has 5 aromatic rings. The fourth-order valence-electron chi connectivity index (χ4n) is 4.61. The van der Waals surface area contributed by atoms with Crippen molar-refractivity contribution in [2.24, 2.45) is 0 Å². The summed E-state index contributed by atoms with van der Waals surface area (Å²) in [7, 11) is 1.58. The van der Waals surface area contributed by atoms with Crippen molar-refractivity contribution in [2.75, 3.05) is 19.0 Å². The van der Waals surface area contributed by atoms with Gasteiger partial charge in [-0.3, -0.25) is 9.59 Å². The number of fused-ring (bicyclic) bond motifs is 1. The van der Waals surface area contributed by atoms with Gasteiger partial charge in [0.15, 0.2) is 0 Å². The second-order valence-electron chi connectivity index (χ2n) is 9.57. The van der Waals surface area contributed by atoms with Crippen LogP contribution in [0.25, 0.3) is 22.0 Å². The van der Waals surface area contributed by atoms with Gasteiger partial charge in [-0.2, -0.15) is 13.2 Å². The molecule has 0 aliphatic heterocycles. The lowest BCUT2D eigenvalue weighted by Crippen LogP contribution is -2.31. The van der Waals surface area contributed by atoms with E-state index >= 15 is 0 Å². The number of amides is 2. The number of benzene rings is 4. The zero-order chi connectivity index (χ0) is 29.7. The number of anilines is 1. The van der Waals surface area contributed by atoms with Gasteiger partial charge in [0.05, 0.1) is 23.7 Å². The summed E-state index contributed by atoms with van der Waals surface area (Å²) in [6, 6.07) is 29.0. The highest BCUT2D eigenvalue weighted by atomic mass is 19.4. The van der Waals surface area contributed by atoms with Crippen molar-refractivity contribution in [3.63, 3.8) is 0 Å². The first-order valence-corrected chi connectivity index (χ1v) is 13.1. The lowest BCUT2D eigenvalue weighted by molar-refractivity contribution is -0.137. The maximum Gasteiger partial charge on any atom is 0.416 e. The third kappa shape index (κ3) is 6.47. The van der Waals surface area contributed by atoms with Crippen LogP contribution in [0.5, 0.6) is 0 Å². The van der Waals surface area contributed by atoms with Crippen LogP contribution in [0, 0.1) is 0 Å². The molecule has 5 rings (SSSR count). The van der Waals surface area contributed by atoms with Gasteiger partial charge in [-0.25, -0.2) is 4.98 Å². The van der Waals surface area contributed by atoms with E-state index < -0.39 is 17.6 Å². The third-order valence-corrected chi connectivity index (χ3v) is 6.73. The Labute approximate surface area is 240 Å². The Morgan fingerprint density at radius 2 is 1.55 bits per heavy atom. The van der Waals surface area contributed by atoms with Crippen molar-refractivity contribution in [1.29, 1.82) is 0 Å². The van der Waals surface area contributed by atoms with Crippen LogP contribution in [0.4, 0.5) is 19.0 Å². The van der Waals surface area contributed by atoms with Crippen molar-refractivity contribution >= 4 is 28.5 Å². The van der Waals surface area contributed by atoms with Crippen LogP contribution < -0.4 is 10.6 Å². The summed E-state index contributed by atoms with van der Waals surface area (Å²) in [5.74, 6) is -0.436. The minimum atomic E-state index is -4.45. The van der Waals surface area contributed by atoms with E-state index in [2.05, 4.69) is 15.6 Å². The summed E-state index contributed by atoms with van der Waals surface area (Å²) in [5, 5.41) is 6.47. The molecule has 1 heterocycles. The largest absolute Gasteiger partial charge is 0.416 e. The molecule has 1 aromatic heterocycles. The first kappa shape index (κ1) is 28.5. The van der Waals surface area contributed by atoms with E-state index in [9.17, 15) is 22.8 Å². The molecule has 0 aliphatic rings. The van der Waals surface area contributed by atoms with E-state index in [0.717, 1.165) is 17.7 Å². The molecule has 0 unspecified atom stereocenters. The van der Waals surface area contributed by atoms with Crippen LogP contribution in [-0.4, -0.2) is 30.5 Å². The number of methoxy groups -OCH3 is 1. The second-order valence-corrected chi connectivity index (χ2v) is 9.57. The SMILES string of the molecule is COC[C@@H](NC(=O)c1ccc2nc(NC(=O)c3ccccc3-c3ccc(C(F)(F)F)cc3)ccc2c1)c1ccccc1. The zero-order valence-corrected chi connectivity index (χ0v) is 22.5. The Morgan fingerprint density at radius 1 is 0.833 bits per heavy atom. The molecule has 9 heteroatoms. The lowest BCUT2D eigenvalue weighted by atomic mass is 9.98. The normalized spacial score (nSPS) is 12.1. The maximum atomic E-state index is 13.2. The predicted octanol–water partition coefficient (Wildman–Crippen LogP) is 7.29. The Hall–Kier alpha value is -5.02. The predicted molar refractivity (Wildman–Crippen MR) is 155 cm³/mol. The van der Waals surface area contributed by atoms with Gasteiger partial charge >= 0.3 is 6.18 Å². The van der Waals surface area contributed by atoms with E-state index in [1.54, 1.807) is 61.7 Å². The highest BCUT2D eigenvalue weighted by Gasteiger charge is 2.30. The van der Waals surface area contributed by atoms with Crippen LogP contribution in [0.1, 0.15) is 37.9 Å². The van der Waals surface area contributed by atoms with Gasteiger partial charge in [0.1, 0.15) is 5.82 Å². The molecule has 212 valence electrons. The topological polar surface area (TPSA) is 80.3 Å². The molecule has 0 bridgehead atoms. The number of ether oxygens (including phenoxy) is 1. The van der Waals surface area contributed by atoms with Crippen LogP contribution in [0.3, 0.4) is 0 Å². The zero-order valence-electron chi connectivity index (χ0n) is 22.5. The molecule has 1 atom stereocenters. The van der Waals surface area contributed by atoms with Gasteiger partial charge in [-0.15, -0.1) is 0 Å². The third-order valence-electron chi connectivity index (χ3n) is 6.73. The van der Waals surface area contributed by atoms with E-state index in [-0.39, 0.29) is 23.3 Å². The van der Waals surface area contributed by atoms with Crippen LogP contribution in [-0.2, 0) is 10.9 Å². The molecular weight excluding hydrogens is 543 g/mol. The number of carbonyl (C=O) groups excluding carboxylic acids is 2. The molecule has 0 saturated carbocycles. The summed E-state index contributed by atoms with van der Waals surface area (Å²) < 4.78 is 44.3. The smallest absolute Gasteiger partial charge is 0.382 e. The highest BCUT2D eigenvalue weighted by molar-refractivity contribution is 6.08. The number of hydrogen-bond donors (Lipinski definition) is 2. The van der Waals surface area contributed by atoms with Gasteiger partial charge in [-0.05, 0) is 65.2 Å². The number of halogens is 3. The molecule has 0 saturated heterocycles. The Kier molecular flexibility index (Phi) is 8.31. The van der Waals surface area contributed by atoms with E-state index in [1.165, 1.54) is 12.1 Å². The molecule has 2 N–H and O–H groups in total. The number of aromatic nitrogens is 1. The average molecular weight is 570 g/mol. The molecular formula is C33H26F3N3O3. The minimum Gasteiger partial charge on any atom is -0.382 e. The van der Waals surface area contributed by atoms with E-state index in [4.69, 9.17) is 4.74 Å². The fourth-order valence-corrected chi connectivity index (χ4v) is 4.61. The number of carbonyl (C=O) groups is 2. The summed E-state index contributed by atoms with van der Waals surface area (Å²) in [6.45, 7) is 0.315. The summed E-state index contributed by atoms with van der Waals surface area (Å²) >= 11 is 0. The Bertz CT molecular complexity index is 1720. The van der Waals surface area contributed by atoms with Crippen molar-refractivity contribution < 1.29 is 27.5 Å². The number of alkyl halides is 3.